The fourth-order valence-electron chi connectivity index (χ4n) is 2.01. The van der Waals surface area contributed by atoms with Gasteiger partial charge in [-0.2, -0.15) is 5.26 Å². The van der Waals surface area contributed by atoms with Crippen molar-refractivity contribution in [3.63, 3.8) is 0 Å². The number of carbonyl (C=O) groups excluding carboxylic acids is 1. The number of anilines is 1. The van der Waals surface area contributed by atoms with Crippen LogP contribution in [-0.2, 0) is 4.79 Å². The van der Waals surface area contributed by atoms with Crippen LogP contribution in [0.5, 0.6) is 5.75 Å². The van der Waals surface area contributed by atoms with E-state index < -0.39 is 0 Å². The number of ether oxygens (including phenoxy) is 1. The predicted octanol–water partition coefficient (Wildman–Crippen LogP) is 2.45. The highest BCUT2D eigenvalue weighted by atomic mass is 16.5. The molecule has 0 fully saturated rings. The lowest BCUT2D eigenvalue weighted by molar-refractivity contribution is -0.118. The first kappa shape index (κ1) is 13.6. The fourth-order valence-corrected chi connectivity index (χ4v) is 2.01. The Kier molecular flexibility index (Phi) is 3.70. The summed E-state index contributed by atoms with van der Waals surface area (Å²) in [6, 6.07) is 16.2. The number of hydrogen-bond acceptors (Lipinski definition) is 4. The van der Waals surface area contributed by atoms with Crippen molar-refractivity contribution >= 4 is 22.9 Å². The number of amides is 1. The number of aromatic amines is 1. The number of aromatic nitrogens is 2. The summed E-state index contributed by atoms with van der Waals surface area (Å²) >= 11 is 0. The first-order chi connectivity index (χ1) is 10.8. The third-order valence-electron chi connectivity index (χ3n) is 3.01. The molecule has 1 aromatic heterocycles. The molecule has 0 aliphatic heterocycles. The van der Waals surface area contributed by atoms with Crippen LogP contribution in [-0.4, -0.2) is 22.5 Å². The molecule has 0 saturated heterocycles. The normalized spacial score (nSPS) is 10.1. The minimum atomic E-state index is -0.355. The van der Waals surface area contributed by atoms with Gasteiger partial charge in [0.15, 0.2) is 6.61 Å². The monoisotopic (exact) mass is 292 g/mol. The van der Waals surface area contributed by atoms with Crippen LogP contribution in [0.4, 0.5) is 5.95 Å². The van der Waals surface area contributed by atoms with Crippen molar-refractivity contribution in [2.45, 2.75) is 0 Å². The minimum absolute atomic E-state index is 0.199. The second-order valence-electron chi connectivity index (χ2n) is 4.55. The van der Waals surface area contributed by atoms with E-state index >= 15 is 0 Å². The highest BCUT2D eigenvalue weighted by Crippen LogP contribution is 2.17. The van der Waals surface area contributed by atoms with E-state index in [1.54, 1.807) is 24.3 Å². The summed E-state index contributed by atoms with van der Waals surface area (Å²) in [6.45, 7) is -0.199. The van der Waals surface area contributed by atoms with Gasteiger partial charge in [0.05, 0.1) is 16.6 Å². The van der Waals surface area contributed by atoms with Gasteiger partial charge in [0.25, 0.3) is 5.91 Å². The number of nitrogens with one attached hydrogen (secondary N) is 2. The van der Waals surface area contributed by atoms with Crippen molar-refractivity contribution in [3.8, 4) is 11.8 Å². The minimum Gasteiger partial charge on any atom is -0.482 e. The molecule has 6 heteroatoms. The first-order valence-corrected chi connectivity index (χ1v) is 6.63. The lowest BCUT2D eigenvalue weighted by Crippen LogP contribution is -2.21. The molecule has 0 aliphatic rings. The molecule has 2 N–H and O–H groups in total. The number of rotatable bonds is 4. The van der Waals surface area contributed by atoms with Crippen LogP contribution in [0, 0.1) is 11.3 Å². The molecule has 6 nitrogen and oxygen atoms in total. The second kappa shape index (κ2) is 5.97. The first-order valence-electron chi connectivity index (χ1n) is 6.63. The van der Waals surface area contributed by atoms with E-state index in [1.165, 1.54) is 0 Å². The van der Waals surface area contributed by atoms with Gasteiger partial charge in [0, 0.05) is 0 Å². The molecule has 1 heterocycles. The Labute approximate surface area is 126 Å². The van der Waals surface area contributed by atoms with Crippen molar-refractivity contribution in [1.29, 1.82) is 5.26 Å². The molecule has 1 amide bonds. The van der Waals surface area contributed by atoms with Crippen molar-refractivity contribution in [3.05, 3.63) is 54.1 Å². The van der Waals surface area contributed by atoms with Crippen molar-refractivity contribution < 1.29 is 9.53 Å². The average Bonchev–Trinajstić information content (AvgIpc) is 2.95. The van der Waals surface area contributed by atoms with Gasteiger partial charge in [-0.15, -0.1) is 0 Å². The van der Waals surface area contributed by atoms with E-state index in [9.17, 15) is 4.79 Å². The number of nitriles is 1. The second-order valence-corrected chi connectivity index (χ2v) is 4.55. The highest BCUT2D eigenvalue weighted by Gasteiger charge is 2.09. The molecule has 0 spiro atoms. The molecule has 0 saturated carbocycles. The predicted molar refractivity (Wildman–Crippen MR) is 81.4 cm³/mol. The Hall–Kier alpha value is -3.33. The van der Waals surface area contributed by atoms with E-state index in [4.69, 9.17) is 10.00 Å². The van der Waals surface area contributed by atoms with Gasteiger partial charge in [0.2, 0.25) is 5.95 Å². The standard InChI is InChI=1S/C16H12N4O2/c17-9-11-5-1-4-8-14(11)22-10-15(21)20-16-18-12-6-2-3-7-13(12)19-16/h1-8H,10H2,(H2,18,19,20,21). The fraction of sp³-hybridized carbons (Fsp3) is 0.0625. The summed E-state index contributed by atoms with van der Waals surface area (Å²) < 4.78 is 5.36. The summed E-state index contributed by atoms with van der Waals surface area (Å²) in [6.07, 6.45) is 0. The summed E-state index contributed by atoms with van der Waals surface area (Å²) in [5.74, 6) is 0.389. The summed E-state index contributed by atoms with van der Waals surface area (Å²) in [7, 11) is 0. The molecule has 2 aromatic carbocycles. The largest absolute Gasteiger partial charge is 0.482 e. The Morgan fingerprint density at radius 2 is 2.00 bits per heavy atom. The molecule has 108 valence electrons. The zero-order valence-corrected chi connectivity index (χ0v) is 11.5. The quantitative estimate of drug-likeness (QED) is 0.772. The van der Waals surface area contributed by atoms with Gasteiger partial charge < -0.3 is 9.72 Å². The summed E-state index contributed by atoms with van der Waals surface area (Å²) in [5.41, 5.74) is 2.00. The lowest BCUT2D eigenvalue weighted by Gasteiger charge is -2.06. The Morgan fingerprint density at radius 1 is 1.23 bits per heavy atom. The molecule has 3 rings (SSSR count). The van der Waals surface area contributed by atoms with E-state index in [0.717, 1.165) is 11.0 Å². The Balaban J connectivity index is 1.64. The van der Waals surface area contributed by atoms with Gasteiger partial charge >= 0.3 is 0 Å². The van der Waals surface area contributed by atoms with E-state index in [1.807, 2.05) is 30.3 Å². The number of H-pyrrole nitrogens is 1. The number of carbonyl (C=O) groups is 1. The van der Waals surface area contributed by atoms with Gasteiger partial charge in [-0.3, -0.25) is 10.1 Å². The van der Waals surface area contributed by atoms with Crippen LogP contribution in [0.2, 0.25) is 0 Å². The SMILES string of the molecule is N#Cc1ccccc1OCC(=O)Nc1nc2ccccc2[nH]1. The maximum absolute atomic E-state index is 11.9. The Morgan fingerprint density at radius 3 is 2.82 bits per heavy atom. The molecule has 0 radical (unpaired) electrons. The van der Waals surface area contributed by atoms with Gasteiger partial charge in [-0.05, 0) is 24.3 Å². The summed E-state index contributed by atoms with van der Waals surface area (Å²) in [4.78, 5) is 19.1. The van der Waals surface area contributed by atoms with Gasteiger partial charge in [-0.1, -0.05) is 24.3 Å². The van der Waals surface area contributed by atoms with Crippen LogP contribution >= 0.6 is 0 Å². The third-order valence-corrected chi connectivity index (χ3v) is 3.01. The van der Waals surface area contributed by atoms with E-state index in [-0.39, 0.29) is 12.5 Å². The van der Waals surface area contributed by atoms with Crippen molar-refractivity contribution in [1.82, 2.24) is 9.97 Å². The maximum atomic E-state index is 11.9. The van der Waals surface area contributed by atoms with Gasteiger partial charge in [-0.25, -0.2) is 4.98 Å². The smallest absolute Gasteiger partial charge is 0.264 e. The Bertz CT molecular complexity index is 831. The van der Waals surface area contributed by atoms with Crippen molar-refractivity contribution in [2.24, 2.45) is 0 Å². The molecule has 22 heavy (non-hydrogen) atoms. The highest BCUT2D eigenvalue weighted by molar-refractivity contribution is 5.92. The van der Waals surface area contributed by atoms with Crippen LogP contribution in [0.15, 0.2) is 48.5 Å². The molecule has 3 aromatic rings. The van der Waals surface area contributed by atoms with Gasteiger partial charge in [0.1, 0.15) is 11.8 Å². The van der Waals surface area contributed by atoms with Crippen LogP contribution in [0.3, 0.4) is 0 Å². The molecule has 0 atom stereocenters. The number of imidazole rings is 1. The molecule has 0 bridgehead atoms. The van der Waals surface area contributed by atoms with E-state index in [2.05, 4.69) is 15.3 Å². The zero-order chi connectivity index (χ0) is 15.4. The molecule has 0 unspecified atom stereocenters. The van der Waals surface area contributed by atoms with Crippen LogP contribution < -0.4 is 10.1 Å². The summed E-state index contributed by atoms with van der Waals surface area (Å²) in [5, 5.41) is 11.6. The van der Waals surface area contributed by atoms with Crippen LogP contribution in [0.1, 0.15) is 5.56 Å². The molecular formula is C16H12N4O2. The lowest BCUT2D eigenvalue weighted by atomic mass is 10.2. The van der Waals surface area contributed by atoms with E-state index in [0.29, 0.717) is 17.3 Å². The number of nitrogens with zero attached hydrogens (tertiary/aromatic N) is 2. The number of benzene rings is 2. The van der Waals surface area contributed by atoms with Crippen molar-refractivity contribution in [2.75, 3.05) is 11.9 Å². The average molecular weight is 292 g/mol. The van der Waals surface area contributed by atoms with Crippen LogP contribution in [0.25, 0.3) is 11.0 Å². The number of hydrogen-bond donors (Lipinski definition) is 2. The molecule has 0 aliphatic carbocycles. The third kappa shape index (κ3) is 2.88. The topological polar surface area (TPSA) is 90.8 Å². The molecular weight excluding hydrogens is 280 g/mol. The number of fused-ring (bicyclic) bond motifs is 1. The maximum Gasteiger partial charge on any atom is 0.264 e. The number of para-hydroxylation sites is 3. The zero-order valence-electron chi connectivity index (χ0n) is 11.5.